The lowest BCUT2D eigenvalue weighted by molar-refractivity contribution is -0.139. The third-order valence-electron chi connectivity index (χ3n) is 10.5. The van der Waals surface area contributed by atoms with E-state index >= 15 is 0 Å². The van der Waals surface area contributed by atoms with Crippen molar-refractivity contribution in [3.05, 3.63) is 65.7 Å². The molecule has 2 amide bonds. The predicted octanol–water partition coefficient (Wildman–Crippen LogP) is 5.40. The molecule has 0 spiro atoms. The molecule has 226 valence electrons. The van der Waals surface area contributed by atoms with Gasteiger partial charge in [-0.2, -0.15) is 0 Å². The molecule has 5 saturated carbocycles. The van der Waals surface area contributed by atoms with Crippen molar-refractivity contribution in [3.8, 4) is 0 Å². The predicted molar refractivity (Wildman–Crippen MR) is 165 cm³/mol. The Labute approximate surface area is 251 Å². The Morgan fingerprint density at radius 1 is 0.905 bits per heavy atom. The Morgan fingerprint density at radius 2 is 1.48 bits per heavy atom. The molecule has 7 nitrogen and oxygen atoms in total. The summed E-state index contributed by atoms with van der Waals surface area (Å²) in [6, 6.07) is 16.9. The summed E-state index contributed by atoms with van der Waals surface area (Å²) in [5, 5.41) is 3.11. The zero-order valence-corrected chi connectivity index (χ0v) is 25.8. The number of benzene rings is 2. The van der Waals surface area contributed by atoms with Gasteiger partial charge in [-0.15, -0.1) is 0 Å². The fourth-order valence-electron chi connectivity index (χ4n) is 8.81. The molecule has 0 aliphatic heterocycles. The van der Waals surface area contributed by atoms with Crippen molar-refractivity contribution in [1.82, 2.24) is 10.2 Å². The van der Waals surface area contributed by atoms with Crippen LogP contribution in [0.5, 0.6) is 0 Å². The molecule has 42 heavy (non-hydrogen) atoms. The lowest BCUT2D eigenvalue weighted by Gasteiger charge is -2.57. The van der Waals surface area contributed by atoms with E-state index in [1.54, 1.807) is 6.92 Å². The molecular weight excluding hydrogens is 546 g/mol. The van der Waals surface area contributed by atoms with E-state index in [4.69, 9.17) is 0 Å². The molecule has 0 heterocycles. The fraction of sp³-hybridized carbons (Fsp3) is 0.588. The Kier molecular flexibility index (Phi) is 8.11. The number of hydrogen-bond donors (Lipinski definition) is 1. The first kappa shape index (κ1) is 29.2. The van der Waals surface area contributed by atoms with Crippen LogP contribution in [0.2, 0.25) is 0 Å². The molecule has 5 fully saturated rings. The van der Waals surface area contributed by atoms with Crippen LogP contribution in [0, 0.1) is 17.8 Å². The average Bonchev–Trinajstić information content (AvgIpc) is 3.46. The van der Waals surface area contributed by atoms with E-state index in [1.165, 1.54) is 53.3 Å². The standard InChI is InChI=1S/C34H45N3O4S/c1-24(33(39)35-30-10-6-7-11-30)36(22-25-8-4-3-5-9-25)32(38)23-37(42(2,40)41)31-14-12-29(13-15-31)34-19-26-16-27(20-34)18-28(17-26)21-34/h3-5,8-9,12-15,24,26-28,30H,6-7,10-11,16-23H2,1-2H3,(H,35,39)/t24-,26?,27?,28?,34?/m1/s1. The van der Waals surface area contributed by atoms with Gasteiger partial charge in [0.1, 0.15) is 12.6 Å². The van der Waals surface area contributed by atoms with E-state index in [0.717, 1.165) is 55.3 Å². The van der Waals surface area contributed by atoms with E-state index in [-0.39, 0.29) is 30.5 Å². The van der Waals surface area contributed by atoms with Crippen molar-refractivity contribution >= 4 is 27.5 Å². The van der Waals surface area contributed by atoms with Gasteiger partial charge in [0.05, 0.1) is 11.9 Å². The van der Waals surface area contributed by atoms with Crippen molar-refractivity contribution in [1.29, 1.82) is 0 Å². The minimum absolute atomic E-state index is 0.133. The number of sulfonamides is 1. The minimum atomic E-state index is -3.76. The highest BCUT2D eigenvalue weighted by atomic mass is 32.2. The van der Waals surface area contributed by atoms with E-state index in [1.807, 2.05) is 42.5 Å². The first-order valence-corrected chi connectivity index (χ1v) is 17.7. The maximum Gasteiger partial charge on any atom is 0.244 e. The number of carbonyl (C=O) groups is 2. The van der Waals surface area contributed by atoms with Crippen LogP contribution in [-0.2, 0) is 31.6 Å². The summed E-state index contributed by atoms with van der Waals surface area (Å²) in [5.74, 6) is 1.87. The Hall–Kier alpha value is -2.87. The molecule has 0 unspecified atom stereocenters. The largest absolute Gasteiger partial charge is 0.352 e. The van der Waals surface area contributed by atoms with Gasteiger partial charge in [-0.3, -0.25) is 13.9 Å². The van der Waals surface area contributed by atoms with Crippen molar-refractivity contribution < 1.29 is 18.0 Å². The number of nitrogens with one attached hydrogen (secondary N) is 1. The van der Waals surface area contributed by atoms with Crippen LogP contribution in [0.15, 0.2) is 54.6 Å². The van der Waals surface area contributed by atoms with Crippen LogP contribution in [0.1, 0.15) is 82.3 Å². The summed E-state index contributed by atoms with van der Waals surface area (Å²) in [5.41, 5.74) is 2.90. The second-order valence-electron chi connectivity index (χ2n) is 13.7. The third-order valence-corrected chi connectivity index (χ3v) is 11.7. The molecule has 4 bridgehead atoms. The molecule has 0 saturated heterocycles. The first-order chi connectivity index (χ1) is 20.1. The van der Waals surface area contributed by atoms with Crippen LogP contribution in [0.4, 0.5) is 5.69 Å². The number of rotatable bonds is 10. The van der Waals surface area contributed by atoms with Gasteiger partial charge in [0.25, 0.3) is 0 Å². The maximum absolute atomic E-state index is 13.9. The van der Waals surface area contributed by atoms with Gasteiger partial charge in [0.15, 0.2) is 0 Å². The van der Waals surface area contributed by atoms with E-state index in [9.17, 15) is 18.0 Å². The smallest absolute Gasteiger partial charge is 0.244 e. The third kappa shape index (κ3) is 6.10. The zero-order valence-electron chi connectivity index (χ0n) is 25.0. The highest BCUT2D eigenvalue weighted by Crippen LogP contribution is 2.60. The highest BCUT2D eigenvalue weighted by molar-refractivity contribution is 7.92. The Balaban J connectivity index is 1.22. The topological polar surface area (TPSA) is 86.8 Å². The van der Waals surface area contributed by atoms with Gasteiger partial charge >= 0.3 is 0 Å². The number of amides is 2. The van der Waals surface area contributed by atoms with Gasteiger partial charge in [-0.1, -0.05) is 55.3 Å². The van der Waals surface area contributed by atoms with Crippen molar-refractivity contribution in [3.63, 3.8) is 0 Å². The summed E-state index contributed by atoms with van der Waals surface area (Å²) in [6.45, 7) is 1.60. The molecule has 7 rings (SSSR count). The number of carbonyl (C=O) groups excluding carboxylic acids is 2. The molecule has 2 aromatic rings. The van der Waals surface area contributed by atoms with Crippen LogP contribution >= 0.6 is 0 Å². The molecule has 0 aromatic heterocycles. The van der Waals surface area contributed by atoms with Crippen molar-refractivity contribution in [2.45, 2.75) is 95.2 Å². The van der Waals surface area contributed by atoms with Crippen molar-refractivity contribution in [2.24, 2.45) is 17.8 Å². The Morgan fingerprint density at radius 3 is 2.02 bits per heavy atom. The fourth-order valence-corrected chi connectivity index (χ4v) is 9.66. The molecule has 0 radical (unpaired) electrons. The van der Waals surface area contributed by atoms with Gasteiger partial charge in [0, 0.05) is 12.6 Å². The zero-order chi connectivity index (χ0) is 29.5. The first-order valence-electron chi connectivity index (χ1n) is 15.8. The Bertz CT molecular complexity index is 1350. The monoisotopic (exact) mass is 591 g/mol. The molecule has 5 aliphatic carbocycles. The normalized spacial score (nSPS) is 27.5. The molecule has 5 aliphatic rings. The molecule has 1 N–H and O–H groups in total. The second-order valence-corrected chi connectivity index (χ2v) is 15.6. The van der Waals surface area contributed by atoms with Crippen LogP contribution in [-0.4, -0.2) is 50.0 Å². The number of anilines is 1. The van der Waals surface area contributed by atoms with Crippen molar-refractivity contribution in [2.75, 3.05) is 17.1 Å². The quantitative estimate of drug-likeness (QED) is 0.401. The lowest BCUT2D eigenvalue weighted by atomic mass is 9.48. The number of hydrogen-bond acceptors (Lipinski definition) is 4. The summed E-state index contributed by atoms with van der Waals surface area (Å²) >= 11 is 0. The van der Waals surface area contributed by atoms with Crippen LogP contribution in [0.3, 0.4) is 0 Å². The van der Waals surface area contributed by atoms with E-state index < -0.39 is 22.0 Å². The summed E-state index contributed by atoms with van der Waals surface area (Å²) in [6.07, 6.45) is 13.1. The maximum atomic E-state index is 13.9. The lowest BCUT2D eigenvalue weighted by Crippen LogP contribution is -2.52. The highest BCUT2D eigenvalue weighted by Gasteiger charge is 2.51. The van der Waals surface area contributed by atoms with Gasteiger partial charge in [0.2, 0.25) is 21.8 Å². The average molecular weight is 592 g/mol. The van der Waals surface area contributed by atoms with Crippen LogP contribution < -0.4 is 9.62 Å². The van der Waals surface area contributed by atoms with Gasteiger partial charge < -0.3 is 10.2 Å². The molecular formula is C34H45N3O4S. The van der Waals surface area contributed by atoms with Gasteiger partial charge in [-0.25, -0.2) is 8.42 Å². The SMILES string of the molecule is C[C@H](C(=O)NC1CCCC1)N(Cc1ccccc1)C(=O)CN(c1ccc(C23CC4CC(CC(C4)C2)C3)cc1)S(C)(=O)=O. The molecule has 1 atom stereocenters. The minimum Gasteiger partial charge on any atom is -0.352 e. The summed E-state index contributed by atoms with van der Waals surface area (Å²) < 4.78 is 27.3. The summed E-state index contributed by atoms with van der Waals surface area (Å²) in [7, 11) is -3.76. The number of nitrogens with zero attached hydrogens (tertiary/aromatic N) is 2. The van der Waals surface area contributed by atoms with Crippen LogP contribution in [0.25, 0.3) is 0 Å². The molecule has 8 heteroatoms. The van der Waals surface area contributed by atoms with Gasteiger partial charge in [-0.05, 0) is 105 Å². The van der Waals surface area contributed by atoms with E-state index in [2.05, 4.69) is 17.4 Å². The molecule has 2 aromatic carbocycles. The van der Waals surface area contributed by atoms with E-state index in [0.29, 0.717) is 5.69 Å². The second kappa shape index (κ2) is 11.7. The summed E-state index contributed by atoms with van der Waals surface area (Å²) in [4.78, 5) is 28.7.